The van der Waals surface area contributed by atoms with Crippen LogP contribution in [0.4, 0.5) is 5.69 Å². The van der Waals surface area contributed by atoms with Crippen molar-refractivity contribution in [1.29, 1.82) is 0 Å². The lowest BCUT2D eigenvalue weighted by Crippen LogP contribution is -2.61. The lowest BCUT2D eigenvalue weighted by molar-refractivity contribution is 0.0355. The average molecular weight is 351 g/mol. The van der Waals surface area contributed by atoms with Gasteiger partial charge >= 0.3 is 0 Å². The van der Waals surface area contributed by atoms with Gasteiger partial charge < -0.3 is 14.7 Å². The van der Waals surface area contributed by atoms with E-state index in [0.717, 1.165) is 48.2 Å². The lowest BCUT2D eigenvalue weighted by atomic mass is 9.97. The maximum atomic E-state index is 9.35. The highest BCUT2D eigenvalue weighted by atomic mass is 16.5. The number of hydrogen-bond donors (Lipinski definition) is 1. The lowest BCUT2D eigenvalue weighted by Gasteiger charge is -2.48. The van der Waals surface area contributed by atoms with Gasteiger partial charge in [-0.2, -0.15) is 0 Å². The number of ether oxygens (including phenoxy) is 1. The van der Waals surface area contributed by atoms with Gasteiger partial charge in [-0.25, -0.2) is 4.99 Å². The zero-order valence-electron chi connectivity index (χ0n) is 15.4. The quantitative estimate of drug-likeness (QED) is 0.902. The molecule has 1 N–H and O–H groups in total. The van der Waals surface area contributed by atoms with E-state index in [-0.39, 0.29) is 12.1 Å². The highest BCUT2D eigenvalue weighted by Gasteiger charge is 2.35. The molecule has 2 aromatic rings. The molecule has 26 heavy (non-hydrogen) atoms. The van der Waals surface area contributed by atoms with E-state index in [1.165, 1.54) is 0 Å². The summed E-state index contributed by atoms with van der Waals surface area (Å²) in [7, 11) is 0. The predicted molar refractivity (Wildman–Crippen MR) is 103 cm³/mol. The van der Waals surface area contributed by atoms with Crippen molar-refractivity contribution in [1.82, 2.24) is 9.80 Å². The van der Waals surface area contributed by atoms with Crippen LogP contribution in [0.3, 0.4) is 0 Å². The molecule has 5 nitrogen and oxygen atoms in total. The van der Waals surface area contributed by atoms with Crippen LogP contribution in [0.1, 0.15) is 19.4 Å². The standard InChI is InChI=1S/C21H25N3O2/c1-21(2)15-23(11-12-24(21)13-14-25)20-16-7-3-5-9-18(16)26-19-10-6-4-8-17(19)22-20/h3-10,25H,11-15H2,1-2H3. The van der Waals surface area contributed by atoms with E-state index >= 15 is 0 Å². The van der Waals surface area contributed by atoms with Gasteiger partial charge in [0.2, 0.25) is 0 Å². The molecule has 0 unspecified atom stereocenters. The van der Waals surface area contributed by atoms with E-state index in [2.05, 4.69) is 29.7 Å². The summed E-state index contributed by atoms with van der Waals surface area (Å²) in [5, 5.41) is 9.35. The number of β-amino-alcohol motifs (C(OH)–C–C–N with tert-alkyl or cyclic N) is 1. The van der Waals surface area contributed by atoms with Crippen molar-refractivity contribution < 1.29 is 9.84 Å². The van der Waals surface area contributed by atoms with E-state index in [0.29, 0.717) is 6.54 Å². The van der Waals surface area contributed by atoms with Gasteiger partial charge in [-0.3, -0.25) is 4.90 Å². The molecule has 1 fully saturated rings. The second-order valence-corrected chi connectivity index (χ2v) is 7.45. The third-order valence-electron chi connectivity index (χ3n) is 5.18. The number of aliphatic imine (C=N–C) groups is 1. The first-order valence-electron chi connectivity index (χ1n) is 9.14. The molecule has 2 aliphatic heterocycles. The van der Waals surface area contributed by atoms with Crippen molar-refractivity contribution >= 4 is 11.5 Å². The Labute approximate surface area is 154 Å². The van der Waals surface area contributed by atoms with Crippen molar-refractivity contribution in [3.8, 4) is 11.5 Å². The van der Waals surface area contributed by atoms with Crippen LogP contribution in [-0.2, 0) is 0 Å². The van der Waals surface area contributed by atoms with E-state index in [4.69, 9.17) is 9.73 Å². The van der Waals surface area contributed by atoms with Crippen LogP contribution in [0, 0.1) is 0 Å². The Hall–Kier alpha value is -2.37. The fraction of sp³-hybridized carbons (Fsp3) is 0.381. The third kappa shape index (κ3) is 3.08. The average Bonchev–Trinajstić information content (AvgIpc) is 2.80. The fourth-order valence-electron chi connectivity index (χ4n) is 3.82. The molecule has 0 aromatic heterocycles. The van der Waals surface area contributed by atoms with Crippen molar-refractivity contribution in [2.45, 2.75) is 19.4 Å². The molecular weight excluding hydrogens is 326 g/mol. The fourth-order valence-corrected chi connectivity index (χ4v) is 3.82. The molecule has 0 saturated carbocycles. The van der Waals surface area contributed by atoms with Gasteiger partial charge in [-0.1, -0.05) is 24.3 Å². The summed E-state index contributed by atoms with van der Waals surface area (Å²) in [4.78, 5) is 9.68. The molecule has 2 aliphatic rings. The number of fused-ring (bicyclic) bond motifs is 2. The van der Waals surface area contributed by atoms with E-state index in [1.807, 2.05) is 42.5 Å². The SMILES string of the molecule is CC1(C)CN(C2=Nc3ccccc3Oc3ccccc32)CCN1CCO. The van der Waals surface area contributed by atoms with Crippen LogP contribution >= 0.6 is 0 Å². The number of nitrogens with zero attached hydrogens (tertiary/aromatic N) is 3. The molecule has 0 amide bonds. The zero-order chi connectivity index (χ0) is 18.1. The number of rotatable bonds is 2. The zero-order valence-corrected chi connectivity index (χ0v) is 15.4. The highest BCUT2D eigenvalue weighted by Crippen LogP contribution is 2.38. The van der Waals surface area contributed by atoms with Gasteiger partial charge in [0.05, 0.1) is 12.2 Å². The Bertz CT molecular complexity index is 832. The van der Waals surface area contributed by atoms with Gasteiger partial charge in [-0.15, -0.1) is 0 Å². The minimum absolute atomic E-state index is 0.0366. The summed E-state index contributed by atoms with van der Waals surface area (Å²) in [5.74, 6) is 2.59. The van der Waals surface area contributed by atoms with Crippen molar-refractivity contribution in [2.24, 2.45) is 4.99 Å². The van der Waals surface area contributed by atoms with Crippen LogP contribution in [0.5, 0.6) is 11.5 Å². The Morgan fingerprint density at radius 2 is 1.77 bits per heavy atom. The van der Waals surface area contributed by atoms with Crippen molar-refractivity contribution in [2.75, 3.05) is 32.8 Å². The molecule has 0 bridgehead atoms. The number of benzene rings is 2. The molecule has 0 atom stereocenters. The molecule has 136 valence electrons. The van der Waals surface area contributed by atoms with Crippen LogP contribution in [0.2, 0.25) is 0 Å². The van der Waals surface area contributed by atoms with Crippen molar-refractivity contribution in [3.05, 3.63) is 54.1 Å². The number of hydrogen-bond acceptors (Lipinski definition) is 5. The highest BCUT2D eigenvalue weighted by molar-refractivity contribution is 6.03. The van der Waals surface area contributed by atoms with Gasteiger partial charge in [0.25, 0.3) is 0 Å². The first-order valence-corrected chi connectivity index (χ1v) is 9.14. The van der Waals surface area contributed by atoms with Crippen molar-refractivity contribution in [3.63, 3.8) is 0 Å². The normalized spacial score (nSPS) is 19.0. The maximum Gasteiger partial charge on any atom is 0.153 e. The topological polar surface area (TPSA) is 48.3 Å². The number of aliphatic hydroxyl groups is 1. The molecule has 1 saturated heterocycles. The largest absolute Gasteiger partial charge is 0.454 e. The Morgan fingerprint density at radius 1 is 1.04 bits per heavy atom. The molecule has 0 spiro atoms. The molecule has 4 rings (SSSR count). The molecule has 2 aromatic carbocycles. The maximum absolute atomic E-state index is 9.35. The summed E-state index contributed by atoms with van der Waals surface area (Å²) >= 11 is 0. The minimum atomic E-state index is -0.0366. The number of para-hydroxylation sites is 3. The van der Waals surface area contributed by atoms with Gasteiger partial charge in [-0.05, 0) is 38.1 Å². The monoisotopic (exact) mass is 351 g/mol. The summed E-state index contributed by atoms with van der Waals surface area (Å²) in [5.41, 5.74) is 1.84. The molecule has 0 radical (unpaired) electrons. The van der Waals surface area contributed by atoms with Crippen LogP contribution in [0.15, 0.2) is 53.5 Å². The van der Waals surface area contributed by atoms with Gasteiger partial charge in [0.1, 0.15) is 17.3 Å². The first-order chi connectivity index (χ1) is 12.6. The third-order valence-corrected chi connectivity index (χ3v) is 5.18. The number of piperazine rings is 1. The second kappa shape index (κ2) is 6.74. The Morgan fingerprint density at radius 3 is 2.54 bits per heavy atom. The van der Waals surface area contributed by atoms with Crippen LogP contribution in [-0.4, -0.2) is 59.1 Å². The Kier molecular flexibility index (Phi) is 4.42. The van der Waals surface area contributed by atoms with Gasteiger partial charge in [0.15, 0.2) is 5.75 Å². The van der Waals surface area contributed by atoms with E-state index in [9.17, 15) is 5.11 Å². The van der Waals surface area contributed by atoms with Crippen LogP contribution < -0.4 is 4.74 Å². The summed E-state index contributed by atoms with van der Waals surface area (Å²) in [6, 6.07) is 16.0. The van der Waals surface area contributed by atoms with E-state index in [1.54, 1.807) is 0 Å². The smallest absolute Gasteiger partial charge is 0.153 e. The molecular formula is C21H25N3O2. The van der Waals surface area contributed by atoms with Crippen LogP contribution in [0.25, 0.3) is 0 Å². The molecule has 2 heterocycles. The Balaban J connectivity index is 1.74. The summed E-state index contributed by atoms with van der Waals surface area (Å²) in [6.45, 7) is 7.97. The van der Waals surface area contributed by atoms with Gasteiger partial charge in [0, 0.05) is 31.7 Å². The van der Waals surface area contributed by atoms with E-state index < -0.39 is 0 Å². The minimum Gasteiger partial charge on any atom is -0.454 e. The predicted octanol–water partition coefficient (Wildman–Crippen LogP) is 3.26. The molecule has 0 aliphatic carbocycles. The summed E-state index contributed by atoms with van der Waals surface area (Å²) in [6.07, 6.45) is 0. The summed E-state index contributed by atoms with van der Waals surface area (Å²) < 4.78 is 6.15. The second-order valence-electron chi connectivity index (χ2n) is 7.45. The molecule has 5 heteroatoms. The number of amidine groups is 1. The first kappa shape index (κ1) is 17.1. The number of aliphatic hydroxyl groups excluding tert-OH is 1.